The van der Waals surface area contributed by atoms with Gasteiger partial charge in [0.2, 0.25) is 0 Å². The minimum absolute atomic E-state index is 0.0984. The highest BCUT2D eigenvalue weighted by Gasteiger charge is 2.54. The molecule has 3 rings (SSSR count). The Morgan fingerprint density at radius 2 is 1.78 bits per heavy atom. The van der Waals surface area contributed by atoms with Crippen molar-refractivity contribution in [2.45, 2.75) is 70.7 Å². The number of fused-ring (bicyclic) bond motifs is 2. The number of nitrogens with zero attached hydrogens (tertiary/aromatic N) is 1. The predicted molar refractivity (Wildman–Crippen MR) is 88.9 cm³/mol. The van der Waals surface area contributed by atoms with Crippen LogP contribution in [0, 0.1) is 5.41 Å². The second-order valence-corrected chi connectivity index (χ2v) is 8.02. The van der Waals surface area contributed by atoms with Gasteiger partial charge in [-0.05, 0) is 36.7 Å². The van der Waals surface area contributed by atoms with E-state index in [-0.39, 0.29) is 23.6 Å². The zero-order valence-electron chi connectivity index (χ0n) is 14.3. The Balaban J connectivity index is 1.65. The average molecular weight is 317 g/mol. The molecule has 1 aromatic carbocycles. The number of hydrogen-bond acceptors (Lipinski definition) is 3. The van der Waals surface area contributed by atoms with Gasteiger partial charge < -0.3 is 14.7 Å². The van der Waals surface area contributed by atoms with Gasteiger partial charge in [-0.2, -0.15) is 0 Å². The molecule has 2 saturated heterocycles. The highest BCUT2D eigenvalue weighted by Crippen LogP contribution is 2.48. The lowest BCUT2D eigenvalue weighted by Gasteiger charge is -2.49. The van der Waals surface area contributed by atoms with Crippen molar-refractivity contribution in [2.24, 2.45) is 5.41 Å². The van der Waals surface area contributed by atoms with Gasteiger partial charge in [-0.15, -0.1) is 0 Å². The SMILES string of the molecule is CC(C)(C)C1(O)C[C@H]2CC[C@@H](C1)N2C(=O)OCc1ccccc1. The van der Waals surface area contributed by atoms with E-state index in [1.165, 1.54) is 0 Å². The van der Waals surface area contributed by atoms with E-state index in [0.717, 1.165) is 18.4 Å². The van der Waals surface area contributed by atoms with E-state index in [9.17, 15) is 9.90 Å². The summed E-state index contributed by atoms with van der Waals surface area (Å²) in [7, 11) is 0. The second-order valence-electron chi connectivity index (χ2n) is 8.02. The van der Waals surface area contributed by atoms with E-state index in [1.807, 2.05) is 35.2 Å². The van der Waals surface area contributed by atoms with Crippen molar-refractivity contribution >= 4 is 6.09 Å². The van der Waals surface area contributed by atoms with Gasteiger partial charge in [0.05, 0.1) is 5.60 Å². The van der Waals surface area contributed by atoms with Crippen LogP contribution in [0.1, 0.15) is 52.0 Å². The Labute approximate surface area is 138 Å². The largest absolute Gasteiger partial charge is 0.445 e. The molecule has 0 spiro atoms. The van der Waals surface area contributed by atoms with Gasteiger partial charge in [0, 0.05) is 12.1 Å². The van der Waals surface area contributed by atoms with Crippen molar-refractivity contribution in [3.05, 3.63) is 35.9 Å². The molecule has 0 radical (unpaired) electrons. The van der Waals surface area contributed by atoms with Gasteiger partial charge in [-0.3, -0.25) is 0 Å². The number of amides is 1. The lowest BCUT2D eigenvalue weighted by Crippen LogP contribution is -2.57. The maximum absolute atomic E-state index is 12.5. The maximum Gasteiger partial charge on any atom is 0.410 e. The molecule has 0 saturated carbocycles. The Morgan fingerprint density at radius 1 is 1.22 bits per heavy atom. The summed E-state index contributed by atoms with van der Waals surface area (Å²) in [4.78, 5) is 14.4. The Hall–Kier alpha value is -1.55. The first kappa shape index (κ1) is 16.3. The summed E-state index contributed by atoms with van der Waals surface area (Å²) in [6.45, 7) is 6.54. The highest BCUT2D eigenvalue weighted by atomic mass is 16.6. The molecule has 0 aromatic heterocycles. The van der Waals surface area contributed by atoms with Crippen molar-refractivity contribution in [1.29, 1.82) is 0 Å². The summed E-state index contributed by atoms with van der Waals surface area (Å²) in [5.74, 6) is 0. The number of carbonyl (C=O) groups is 1. The summed E-state index contributed by atoms with van der Waals surface area (Å²) in [5, 5.41) is 11.0. The van der Waals surface area contributed by atoms with Crippen LogP contribution >= 0.6 is 0 Å². The van der Waals surface area contributed by atoms with Gasteiger partial charge in [-0.1, -0.05) is 51.1 Å². The van der Waals surface area contributed by atoms with E-state index >= 15 is 0 Å². The van der Waals surface area contributed by atoms with Crippen LogP contribution in [0.2, 0.25) is 0 Å². The first-order valence-corrected chi connectivity index (χ1v) is 8.51. The van der Waals surface area contributed by atoms with Crippen LogP contribution in [0.5, 0.6) is 0 Å². The van der Waals surface area contributed by atoms with Crippen molar-refractivity contribution in [1.82, 2.24) is 4.90 Å². The molecule has 1 N–H and O–H groups in total. The predicted octanol–water partition coefficient (Wildman–Crippen LogP) is 3.73. The molecule has 2 aliphatic heterocycles. The zero-order chi connectivity index (χ0) is 16.7. The molecule has 23 heavy (non-hydrogen) atoms. The van der Waals surface area contributed by atoms with E-state index < -0.39 is 5.60 Å². The fraction of sp³-hybridized carbons (Fsp3) is 0.632. The number of rotatable bonds is 2. The fourth-order valence-corrected chi connectivity index (χ4v) is 3.93. The summed E-state index contributed by atoms with van der Waals surface area (Å²) in [6, 6.07) is 9.94. The van der Waals surface area contributed by atoms with Crippen molar-refractivity contribution in [3.63, 3.8) is 0 Å². The number of ether oxygens (including phenoxy) is 1. The van der Waals surface area contributed by atoms with Gasteiger partial charge >= 0.3 is 6.09 Å². The molecular weight excluding hydrogens is 290 g/mol. The van der Waals surface area contributed by atoms with Crippen LogP contribution in [0.4, 0.5) is 4.79 Å². The number of piperidine rings is 1. The third-order valence-corrected chi connectivity index (χ3v) is 5.58. The first-order chi connectivity index (χ1) is 10.8. The summed E-state index contributed by atoms with van der Waals surface area (Å²) < 4.78 is 5.51. The molecule has 4 nitrogen and oxygen atoms in total. The maximum atomic E-state index is 12.5. The van der Waals surface area contributed by atoms with Crippen molar-refractivity contribution in [3.8, 4) is 0 Å². The lowest BCUT2D eigenvalue weighted by atomic mass is 9.69. The minimum Gasteiger partial charge on any atom is -0.445 e. The van der Waals surface area contributed by atoms with E-state index in [2.05, 4.69) is 20.8 Å². The molecule has 1 amide bonds. The van der Waals surface area contributed by atoms with Gasteiger partial charge in [0.15, 0.2) is 0 Å². The molecular formula is C19H27NO3. The van der Waals surface area contributed by atoms with E-state index in [1.54, 1.807) is 0 Å². The smallest absolute Gasteiger partial charge is 0.410 e. The Morgan fingerprint density at radius 3 is 2.30 bits per heavy atom. The monoisotopic (exact) mass is 317 g/mol. The molecule has 0 aliphatic carbocycles. The Kier molecular flexibility index (Phi) is 4.13. The van der Waals surface area contributed by atoms with Crippen LogP contribution in [-0.4, -0.2) is 33.8 Å². The molecule has 126 valence electrons. The minimum atomic E-state index is -0.699. The van der Waals surface area contributed by atoms with Crippen LogP contribution in [-0.2, 0) is 11.3 Å². The van der Waals surface area contributed by atoms with Gasteiger partial charge in [0.25, 0.3) is 0 Å². The van der Waals surface area contributed by atoms with E-state index in [4.69, 9.17) is 4.74 Å². The number of aliphatic hydroxyl groups is 1. The number of benzene rings is 1. The molecule has 1 aromatic rings. The van der Waals surface area contributed by atoms with Crippen molar-refractivity contribution in [2.75, 3.05) is 0 Å². The van der Waals surface area contributed by atoms with Crippen LogP contribution in [0.25, 0.3) is 0 Å². The number of hydrogen-bond donors (Lipinski definition) is 1. The fourth-order valence-electron chi connectivity index (χ4n) is 3.93. The summed E-state index contributed by atoms with van der Waals surface area (Å²) in [6.07, 6.45) is 2.98. The lowest BCUT2D eigenvalue weighted by molar-refractivity contribution is -0.115. The molecule has 2 aliphatic rings. The highest BCUT2D eigenvalue weighted by molar-refractivity contribution is 5.69. The molecule has 2 heterocycles. The zero-order valence-corrected chi connectivity index (χ0v) is 14.3. The summed E-state index contributed by atoms with van der Waals surface area (Å²) >= 11 is 0. The normalized spacial score (nSPS) is 30.3. The van der Waals surface area contributed by atoms with Gasteiger partial charge in [-0.25, -0.2) is 4.79 Å². The quantitative estimate of drug-likeness (QED) is 0.904. The summed E-state index contributed by atoms with van der Waals surface area (Å²) in [5.41, 5.74) is 0.125. The van der Waals surface area contributed by atoms with Crippen molar-refractivity contribution < 1.29 is 14.6 Å². The third kappa shape index (κ3) is 3.09. The van der Waals surface area contributed by atoms with E-state index in [0.29, 0.717) is 19.4 Å². The molecule has 2 fully saturated rings. The number of carbonyl (C=O) groups excluding carboxylic acids is 1. The molecule has 1 unspecified atom stereocenters. The standard InChI is InChI=1S/C19H27NO3/c1-18(2,3)19(22)11-15-9-10-16(12-19)20(15)17(21)23-13-14-7-5-4-6-8-14/h4-8,15-16,22H,9-13H2,1-3H3/t15-,16+,19?. The molecule has 2 bridgehead atoms. The topological polar surface area (TPSA) is 49.8 Å². The first-order valence-electron chi connectivity index (χ1n) is 8.51. The molecule has 3 atom stereocenters. The van der Waals surface area contributed by atoms with Crippen LogP contribution in [0.3, 0.4) is 0 Å². The average Bonchev–Trinajstić information content (AvgIpc) is 2.77. The second kappa shape index (κ2) is 5.82. The molecule has 4 heteroatoms. The van der Waals surface area contributed by atoms with Crippen LogP contribution in [0.15, 0.2) is 30.3 Å². The van der Waals surface area contributed by atoms with Gasteiger partial charge in [0.1, 0.15) is 6.61 Å². The Bertz CT molecular complexity index is 550. The van der Waals surface area contributed by atoms with Crippen LogP contribution < -0.4 is 0 Å². The third-order valence-electron chi connectivity index (χ3n) is 5.58.